The SMILES string of the molecule is COC(=O)C1C(OC)[CH-]CC1(C#N)C(=O)OC.[C-]#[O+].[C-]#[O+].[CH]1C=CC=C1.[Fe]. The summed E-state index contributed by atoms with van der Waals surface area (Å²) in [5.74, 6) is -2.39. The molecule has 0 aromatic rings. The van der Waals surface area contributed by atoms with Crippen LogP contribution < -0.4 is 0 Å². The molecule has 0 bridgehead atoms. The predicted molar refractivity (Wildman–Crippen MR) is 85.7 cm³/mol. The van der Waals surface area contributed by atoms with Gasteiger partial charge in [0.2, 0.25) is 0 Å². The minimum Gasteiger partial charge on any atom is -0.0767 e. The third kappa shape index (κ3) is 7.96. The number of ether oxygens (including phenoxy) is 3. The topological polar surface area (TPSA) is 125 Å². The van der Waals surface area contributed by atoms with Gasteiger partial charge in [0.15, 0.2) is 0 Å². The summed E-state index contributed by atoms with van der Waals surface area (Å²) in [4.78, 5) is 23.4. The molecule has 0 aromatic carbocycles. The van der Waals surface area contributed by atoms with Crippen LogP contribution in [0.15, 0.2) is 24.3 Å². The molecule has 0 heterocycles. The van der Waals surface area contributed by atoms with Crippen LogP contribution in [0.25, 0.3) is 0 Å². The van der Waals surface area contributed by atoms with Crippen molar-refractivity contribution in [3.63, 3.8) is 0 Å². The molecule has 9 heteroatoms. The fourth-order valence-corrected chi connectivity index (χ4v) is 2.41. The smallest absolute Gasteiger partial charge is 0.00506 e. The zero-order chi connectivity index (χ0) is 20.6. The van der Waals surface area contributed by atoms with E-state index in [4.69, 9.17) is 14.0 Å². The van der Waals surface area contributed by atoms with Crippen LogP contribution in [-0.4, -0.2) is 39.4 Å². The van der Waals surface area contributed by atoms with Gasteiger partial charge >= 0.3 is 34.5 Å². The molecule has 147 valence electrons. The molecule has 0 aliphatic heterocycles. The van der Waals surface area contributed by atoms with Gasteiger partial charge in [0.05, 0.1) is 26.2 Å². The molecular formula is C18H19FeNO7-. The molecule has 0 amide bonds. The van der Waals surface area contributed by atoms with E-state index in [9.17, 15) is 14.9 Å². The number of methoxy groups -OCH3 is 3. The van der Waals surface area contributed by atoms with Crippen LogP contribution in [0.4, 0.5) is 0 Å². The van der Waals surface area contributed by atoms with Crippen molar-refractivity contribution >= 4 is 11.9 Å². The Hall–Kier alpha value is -2.13. The Morgan fingerprint density at radius 2 is 1.63 bits per heavy atom. The van der Waals surface area contributed by atoms with E-state index < -0.39 is 29.4 Å². The molecule has 2 rings (SSSR count). The molecule has 8 nitrogen and oxygen atoms in total. The number of nitriles is 1. The van der Waals surface area contributed by atoms with Gasteiger partial charge in [0, 0.05) is 30.6 Å². The maximum Gasteiger partial charge on any atom is 0.00506 e. The molecule has 0 N–H and O–H groups in total. The van der Waals surface area contributed by atoms with Gasteiger partial charge in [-0.1, -0.05) is 24.3 Å². The third-order valence-corrected chi connectivity index (χ3v) is 3.56. The van der Waals surface area contributed by atoms with Crippen molar-refractivity contribution in [2.24, 2.45) is 11.3 Å². The first kappa shape index (κ1) is 29.6. The second-order valence-corrected chi connectivity index (χ2v) is 4.68. The first-order chi connectivity index (χ1) is 12.6. The molecule has 2 aliphatic carbocycles. The van der Waals surface area contributed by atoms with E-state index in [1.54, 1.807) is 6.42 Å². The number of hydrogen-bond acceptors (Lipinski definition) is 6. The molecular weight excluding hydrogens is 398 g/mol. The van der Waals surface area contributed by atoms with Crippen molar-refractivity contribution in [3.8, 4) is 6.07 Å². The normalized spacial score (nSPS) is 23.3. The van der Waals surface area contributed by atoms with Crippen molar-refractivity contribution in [1.29, 1.82) is 5.26 Å². The van der Waals surface area contributed by atoms with Gasteiger partial charge in [-0.3, -0.25) is 16.0 Å². The summed E-state index contributed by atoms with van der Waals surface area (Å²) >= 11 is 0. The van der Waals surface area contributed by atoms with Gasteiger partial charge in [0.1, 0.15) is 5.41 Å². The van der Waals surface area contributed by atoms with E-state index in [-0.39, 0.29) is 23.5 Å². The second-order valence-electron chi connectivity index (χ2n) is 4.68. The Balaban J connectivity index is -0.000000482. The molecule has 0 saturated heterocycles. The number of esters is 2. The molecule has 2 aliphatic rings. The van der Waals surface area contributed by atoms with Crippen molar-refractivity contribution in [2.75, 3.05) is 21.3 Å². The molecule has 1 fully saturated rings. The average molecular weight is 417 g/mol. The van der Waals surface area contributed by atoms with E-state index in [2.05, 4.69) is 22.8 Å². The molecule has 3 atom stereocenters. The van der Waals surface area contributed by atoms with Gasteiger partial charge < -0.3 is 14.2 Å². The van der Waals surface area contributed by atoms with Gasteiger partial charge in [0.25, 0.3) is 0 Å². The van der Waals surface area contributed by atoms with E-state index in [1.165, 1.54) is 21.3 Å². The minimum absolute atomic E-state index is 0. The Kier molecular flexibility index (Phi) is 19.0. The van der Waals surface area contributed by atoms with Crippen LogP contribution in [-0.2, 0) is 50.2 Å². The first-order valence-electron chi connectivity index (χ1n) is 7.08. The summed E-state index contributed by atoms with van der Waals surface area (Å²) in [6.07, 6.45) is 11.1. The number of nitrogens with zero attached hydrogens (tertiary/aromatic N) is 1. The van der Waals surface area contributed by atoms with Crippen LogP contribution in [0, 0.1) is 48.8 Å². The standard InChI is InChI=1S/C11H14NO5.C5H5.2CO.Fe/c1-15-7-4-5-11(6-12,10(14)17-3)8(7)9(13)16-2;1-2-4-5-3-1;2*1-2;/h4,7-8H,5H2,1-3H3;1-5H;;;/q-1;;;;. The number of hydrogen-bond donors (Lipinski definition) is 0. The number of rotatable bonds is 3. The minimum atomic E-state index is -1.55. The van der Waals surface area contributed by atoms with Gasteiger partial charge in [-0.2, -0.15) is 5.26 Å². The molecule has 0 aromatic heterocycles. The van der Waals surface area contributed by atoms with Crippen LogP contribution >= 0.6 is 0 Å². The molecule has 1 radical (unpaired) electrons. The van der Waals surface area contributed by atoms with E-state index in [0.717, 1.165) is 0 Å². The van der Waals surface area contributed by atoms with Gasteiger partial charge in [-0.25, -0.2) is 0 Å². The van der Waals surface area contributed by atoms with E-state index in [0.29, 0.717) is 0 Å². The maximum absolute atomic E-state index is 11.7. The summed E-state index contributed by atoms with van der Waals surface area (Å²) in [6, 6.07) is 1.87. The van der Waals surface area contributed by atoms with Crippen molar-refractivity contribution in [1.82, 2.24) is 0 Å². The molecule has 1 saturated carbocycles. The quantitative estimate of drug-likeness (QED) is 0.295. The van der Waals surface area contributed by atoms with Crippen molar-refractivity contribution < 1.29 is 50.2 Å². The van der Waals surface area contributed by atoms with Gasteiger partial charge in [-0.05, 0) is 6.10 Å². The Morgan fingerprint density at radius 3 is 1.93 bits per heavy atom. The van der Waals surface area contributed by atoms with Crippen LogP contribution in [0.3, 0.4) is 0 Å². The van der Waals surface area contributed by atoms with Gasteiger partial charge in [-0.15, -0.1) is 6.42 Å². The van der Waals surface area contributed by atoms with Crippen LogP contribution in [0.1, 0.15) is 6.42 Å². The van der Waals surface area contributed by atoms with Crippen LogP contribution in [0.5, 0.6) is 0 Å². The van der Waals surface area contributed by atoms with E-state index >= 15 is 0 Å². The Labute approximate surface area is 169 Å². The zero-order valence-corrected chi connectivity index (χ0v) is 16.1. The second kappa shape index (κ2) is 17.3. The summed E-state index contributed by atoms with van der Waals surface area (Å²) in [5, 5.41) is 9.21. The third-order valence-electron chi connectivity index (χ3n) is 3.56. The Morgan fingerprint density at radius 1 is 1.11 bits per heavy atom. The fraction of sp³-hybridized carbons (Fsp3) is 0.389. The summed E-state index contributed by atoms with van der Waals surface area (Å²) in [5.41, 5.74) is -1.55. The molecule has 0 spiro atoms. The monoisotopic (exact) mass is 417 g/mol. The van der Waals surface area contributed by atoms with Crippen molar-refractivity contribution in [2.45, 2.75) is 12.5 Å². The average Bonchev–Trinajstić information content (AvgIpc) is 3.41. The first-order valence-corrected chi connectivity index (χ1v) is 7.08. The number of allylic oxidation sites excluding steroid dienone is 4. The largest absolute Gasteiger partial charge is 0.0767 e. The van der Waals surface area contributed by atoms with E-state index in [1.807, 2.05) is 36.8 Å². The maximum atomic E-state index is 11.7. The summed E-state index contributed by atoms with van der Waals surface area (Å²) < 4.78 is 29.3. The number of carbonyl (C=O) groups excluding carboxylic acids is 2. The van der Waals surface area contributed by atoms with Crippen molar-refractivity contribution in [3.05, 3.63) is 50.4 Å². The fourth-order valence-electron chi connectivity index (χ4n) is 2.41. The van der Waals surface area contributed by atoms with Crippen LogP contribution in [0.2, 0.25) is 0 Å². The Bertz CT molecular complexity index is 575. The number of carbonyl (C=O) groups is 2. The zero-order valence-electron chi connectivity index (χ0n) is 15.0. The molecule has 3 unspecified atom stereocenters. The summed E-state index contributed by atoms with van der Waals surface area (Å²) in [7, 11) is 3.78. The molecule has 27 heavy (non-hydrogen) atoms. The predicted octanol–water partition coefficient (Wildman–Crippen LogP) is 1.32. The summed E-state index contributed by atoms with van der Waals surface area (Å²) in [6.45, 7) is 9.00.